The van der Waals surface area contributed by atoms with Gasteiger partial charge in [0, 0.05) is 6.42 Å². The van der Waals surface area contributed by atoms with E-state index in [1.54, 1.807) is 0 Å². The molecule has 0 aromatic heterocycles. The number of hydrogen-bond donors (Lipinski definition) is 2. The van der Waals surface area contributed by atoms with Crippen LogP contribution in [-0.2, 0) is 4.79 Å². The molecule has 0 bridgehead atoms. The first-order valence-corrected chi connectivity index (χ1v) is 7.34. The number of carboxylic acids is 1. The fraction of sp³-hybridized carbons (Fsp3) is 0.929. The Morgan fingerprint density at radius 1 is 1.05 bits per heavy atom. The molecule has 21 heavy (non-hydrogen) atoms. The number of nitrogens with two attached hydrogens (primary N) is 1. The van der Waals surface area contributed by atoms with E-state index in [1.807, 2.05) is 0 Å². The van der Waals surface area contributed by atoms with Crippen molar-refractivity contribution < 1.29 is 27.5 Å². The van der Waals surface area contributed by atoms with E-state index in [2.05, 4.69) is 6.92 Å². The van der Waals surface area contributed by atoms with Gasteiger partial charge in [-0.2, -0.15) is 0 Å². The second-order valence-electron chi connectivity index (χ2n) is 5.54. The van der Waals surface area contributed by atoms with Crippen LogP contribution in [0.1, 0.15) is 64.7 Å². The molecule has 3 nitrogen and oxygen atoms in total. The molecular formula is C14H25F4NO2. The maximum atomic E-state index is 12.9. The molecule has 0 aliphatic rings. The van der Waals surface area contributed by atoms with Gasteiger partial charge in [0.25, 0.3) is 0 Å². The van der Waals surface area contributed by atoms with E-state index < -0.39 is 36.7 Å². The molecule has 0 amide bonds. The molecule has 0 fully saturated rings. The van der Waals surface area contributed by atoms with Gasteiger partial charge in [0.15, 0.2) is 0 Å². The van der Waals surface area contributed by atoms with Gasteiger partial charge >= 0.3 is 18.3 Å². The normalized spacial score (nSPS) is 15.2. The number of alkyl halides is 4. The van der Waals surface area contributed by atoms with Crippen molar-refractivity contribution in [3.8, 4) is 0 Å². The third-order valence-corrected chi connectivity index (χ3v) is 3.63. The second-order valence-corrected chi connectivity index (χ2v) is 5.54. The van der Waals surface area contributed by atoms with Crippen LogP contribution in [0.25, 0.3) is 0 Å². The van der Waals surface area contributed by atoms with E-state index in [0.717, 1.165) is 32.1 Å². The first kappa shape index (κ1) is 20.1. The van der Waals surface area contributed by atoms with Gasteiger partial charge in [-0.25, -0.2) is 17.6 Å². The summed E-state index contributed by atoms with van der Waals surface area (Å²) in [4.78, 5) is 11.1. The maximum Gasteiger partial charge on any atom is 0.323 e. The zero-order valence-corrected chi connectivity index (χ0v) is 12.4. The fourth-order valence-electron chi connectivity index (χ4n) is 2.06. The van der Waals surface area contributed by atoms with Crippen LogP contribution in [0, 0.1) is 0 Å². The largest absolute Gasteiger partial charge is 0.480 e. The number of hydrogen-bond acceptors (Lipinski definition) is 2. The van der Waals surface area contributed by atoms with Gasteiger partial charge in [-0.1, -0.05) is 45.4 Å². The van der Waals surface area contributed by atoms with Crippen LogP contribution in [-0.4, -0.2) is 29.0 Å². The van der Waals surface area contributed by atoms with Gasteiger partial charge in [0.05, 0.1) is 0 Å². The molecular weight excluding hydrogens is 290 g/mol. The third kappa shape index (κ3) is 7.64. The van der Waals surface area contributed by atoms with Gasteiger partial charge < -0.3 is 10.8 Å². The summed E-state index contributed by atoms with van der Waals surface area (Å²) in [6, 6.07) is 0. The Morgan fingerprint density at radius 3 is 2.05 bits per heavy atom. The molecule has 0 radical (unpaired) electrons. The zero-order chi connectivity index (χ0) is 16.5. The van der Waals surface area contributed by atoms with E-state index in [9.17, 15) is 22.4 Å². The SMILES string of the molecule is CCCCCCCCC(N)(CCC(F)(F)C(F)F)C(=O)O. The summed E-state index contributed by atoms with van der Waals surface area (Å²) in [7, 11) is 0. The standard InChI is InChI=1S/C14H25F4NO2/c1-2-3-4-5-6-7-8-13(19,12(20)21)9-10-14(17,18)11(15)16/h11H,2-10,19H2,1H3,(H,20,21). The Morgan fingerprint density at radius 2 is 1.57 bits per heavy atom. The smallest absolute Gasteiger partial charge is 0.323 e. The van der Waals surface area contributed by atoms with E-state index >= 15 is 0 Å². The molecule has 126 valence electrons. The number of carbonyl (C=O) groups is 1. The Labute approximate surface area is 122 Å². The Balaban J connectivity index is 4.28. The molecule has 1 unspecified atom stereocenters. The van der Waals surface area contributed by atoms with E-state index in [1.165, 1.54) is 0 Å². The third-order valence-electron chi connectivity index (χ3n) is 3.63. The van der Waals surface area contributed by atoms with Crippen LogP contribution in [0.5, 0.6) is 0 Å². The zero-order valence-electron chi connectivity index (χ0n) is 12.4. The molecule has 7 heteroatoms. The van der Waals surface area contributed by atoms with E-state index in [-0.39, 0.29) is 6.42 Å². The van der Waals surface area contributed by atoms with Crippen molar-refractivity contribution in [1.82, 2.24) is 0 Å². The summed E-state index contributed by atoms with van der Waals surface area (Å²) in [6.45, 7) is 2.07. The lowest BCUT2D eigenvalue weighted by atomic mass is 9.87. The molecule has 0 heterocycles. The van der Waals surface area contributed by atoms with Crippen molar-refractivity contribution in [2.45, 2.75) is 82.6 Å². The monoisotopic (exact) mass is 315 g/mol. The van der Waals surface area contributed by atoms with Gasteiger partial charge in [-0.05, 0) is 12.8 Å². The summed E-state index contributed by atoms with van der Waals surface area (Å²) >= 11 is 0. The summed E-state index contributed by atoms with van der Waals surface area (Å²) < 4.78 is 49.9. The average molecular weight is 315 g/mol. The Bertz CT molecular complexity index is 313. The highest BCUT2D eigenvalue weighted by Gasteiger charge is 2.44. The first-order valence-electron chi connectivity index (χ1n) is 7.34. The predicted molar refractivity (Wildman–Crippen MR) is 72.7 cm³/mol. The van der Waals surface area contributed by atoms with Crippen molar-refractivity contribution in [2.75, 3.05) is 0 Å². The Hall–Kier alpha value is -0.850. The Kier molecular flexibility index (Phi) is 8.85. The molecule has 0 rings (SSSR count). The summed E-state index contributed by atoms with van der Waals surface area (Å²) in [6.07, 6.45) is -0.270. The van der Waals surface area contributed by atoms with Gasteiger partial charge in [-0.3, -0.25) is 4.79 Å². The number of carboxylic acid groups (broad SMARTS) is 1. The lowest BCUT2D eigenvalue weighted by Gasteiger charge is -2.27. The molecule has 0 saturated carbocycles. The molecule has 0 aliphatic heterocycles. The average Bonchev–Trinajstić information content (AvgIpc) is 2.40. The number of halogens is 4. The maximum absolute atomic E-state index is 12.9. The molecule has 0 aliphatic carbocycles. The number of aliphatic carboxylic acids is 1. The molecule has 3 N–H and O–H groups in total. The highest BCUT2D eigenvalue weighted by molar-refractivity contribution is 5.78. The van der Waals surface area contributed by atoms with Crippen LogP contribution in [0.4, 0.5) is 17.6 Å². The summed E-state index contributed by atoms with van der Waals surface area (Å²) in [5.74, 6) is -5.61. The van der Waals surface area contributed by atoms with E-state index in [4.69, 9.17) is 10.8 Å². The summed E-state index contributed by atoms with van der Waals surface area (Å²) in [5.41, 5.74) is 3.75. The van der Waals surface area contributed by atoms with Crippen LogP contribution in [0.15, 0.2) is 0 Å². The van der Waals surface area contributed by atoms with Gasteiger partial charge in [-0.15, -0.1) is 0 Å². The van der Waals surface area contributed by atoms with Crippen LogP contribution in [0.3, 0.4) is 0 Å². The highest BCUT2D eigenvalue weighted by atomic mass is 19.3. The quantitative estimate of drug-likeness (QED) is 0.419. The van der Waals surface area contributed by atoms with E-state index in [0.29, 0.717) is 6.42 Å². The lowest BCUT2D eigenvalue weighted by molar-refractivity contribution is -0.150. The number of rotatable bonds is 12. The second kappa shape index (κ2) is 9.23. The van der Waals surface area contributed by atoms with Crippen molar-refractivity contribution in [2.24, 2.45) is 5.73 Å². The van der Waals surface area contributed by atoms with Crippen LogP contribution in [0.2, 0.25) is 0 Å². The minimum atomic E-state index is -4.19. The first-order chi connectivity index (χ1) is 9.65. The van der Waals surface area contributed by atoms with Crippen molar-refractivity contribution >= 4 is 5.97 Å². The molecule has 1 atom stereocenters. The van der Waals surface area contributed by atoms with Crippen molar-refractivity contribution in [3.63, 3.8) is 0 Å². The van der Waals surface area contributed by atoms with Crippen molar-refractivity contribution in [3.05, 3.63) is 0 Å². The summed E-state index contributed by atoms with van der Waals surface area (Å²) in [5, 5.41) is 9.05. The highest BCUT2D eigenvalue weighted by Crippen LogP contribution is 2.31. The molecule has 0 saturated heterocycles. The molecule has 0 aromatic carbocycles. The van der Waals surface area contributed by atoms with Crippen LogP contribution < -0.4 is 5.73 Å². The van der Waals surface area contributed by atoms with Crippen LogP contribution >= 0.6 is 0 Å². The predicted octanol–water partition coefficient (Wildman–Crippen LogP) is 4.20. The van der Waals surface area contributed by atoms with Gasteiger partial charge in [0.2, 0.25) is 0 Å². The molecule has 0 aromatic rings. The number of unbranched alkanes of at least 4 members (excludes halogenated alkanes) is 5. The van der Waals surface area contributed by atoms with Gasteiger partial charge in [0.1, 0.15) is 5.54 Å². The lowest BCUT2D eigenvalue weighted by Crippen LogP contribution is -2.49. The fourth-order valence-corrected chi connectivity index (χ4v) is 2.06. The minimum Gasteiger partial charge on any atom is -0.480 e. The minimum absolute atomic E-state index is 0.0216. The van der Waals surface area contributed by atoms with Crippen molar-refractivity contribution in [1.29, 1.82) is 0 Å². The topological polar surface area (TPSA) is 63.3 Å². The molecule has 0 spiro atoms.